The summed E-state index contributed by atoms with van der Waals surface area (Å²) in [5.41, 5.74) is 6.57. The van der Waals surface area contributed by atoms with Crippen LogP contribution in [0, 0.1) is 0 Å². The van der Waals surface area contributed by atoms with Crippen molar-refractivity contribution in [3.05, 3.63) is 127 Å². The zero-order valence-electron chi connectivity index (χ0n) is 27.2. The molecule has 0 amide bonds. The van der Waals surface area contributed by atoms with Crippen LogP contribution in [0.25, 0.3) is 65.7 Å². The molecular weight excluding hydrogens is 633 g/mol. The zero-order chi connectivity index (χ0) is 33.1. The van der Waals surface area contributed by atoms with E-state index in [9.17, 15) is 13.7 Å². The summed E-state index contributed by atoms with van der Waals surface area (Å²) in [6.45, 7) is 8.95. The summed E-state index contributed by atoms with van der Waals surface area (Å²) >= 11 is 0. The van der Waals surface area contributed by atoms with Crippen molar-refractivity contribution in [3.8, 4) is 33.4 Å². The third kappa shape index (κ3) is 6.06. The number of hydrogen-bond acceptors (Lipinski definition) is 3. The highest BCUT2D eigenvalue weighted by Gasteiger charge is 2.16. The fraction of sp³-hybridized carbons (Fsp3) is 0.122. The van der Waals surface area contributed by atoms with Crippen LogP contribution < -0.4 is 15.9 Å². The predicted octanol–water partition coefficient (Wildman–Crippen LogP) is 10.7. The highest BCUT2D eigenvalue weighted by molar-refractivity contribution is 7.70. The first kappa shape index (κ1) is 31.5. The normalized spacial score (nSPS) is 12.6. The van der Waals surface area contributed by atoms with Gasteiger partial charge < -0.3 is 9.13 Å². The van der Waals surface area contributed by atoms with Crippen LogP contribution in [0.15, 0.2) is 127 Å². The molecule has 0 aromatic heterocycles. The summed E-state index contributed by atoms with van der Waals surface area (Å²) in [4.78, 5) is 0. The molecule has 0 aliphatic rings. The summed E-state index contributed by atoms with van der Waals surface area (Å²) in [7, 11) is -6.06. The second-order valence-corrected chi connectivity index (χ2v) is 21.1. The SMILES string of the molecule is C[P+](=O)c1ccc(-c2ccc3c(c2)c2ccc(-c4ccc(P(C)(C)=O)cc4)cc2c2ccc(-c4ccc(P(C)(C)=O)cc4)cc32)cc1. The van der Waals surface area contributed by atoms with Gasteiger partial charge in [0.15, 0.2) is 5.30 Å². The first-order valence-corrected chi connectivity index (χ1v) is 22.5. The molecule has 0 aliphatic heterocycles. The summed E-state index contributed by atoms with van der Waals surface area (Å²) in [5, 5.41) is 9.64. The molecular formula is C41H36O3P3+. The lowest BCUT2D eigenvalue weighted by Gasteiger charge is -2.15. The van der Waals surface area contributed by atoms with Crippen LogP contribution in [0.2, 0.25) is 0 Å². The molecule has 0 radical (unpaired) electrons. The van der Waals surface area contributed by atoms with Crippen LogP contribution in [0.1, 0.15) is 0 Å². The van der Waals surface area contributed by atoms with Gasteiger partial charge in [0.05, 0.1) is 0 Å². The van der Waals surface area contributed by atoms with E-state index in [1.165, 1.54) is 32.3 Å². The number of hydrogen-bond donors (Lipinski definition) is 0. The maximum atomic E-state index is 12.7. The van der Waals surface area contributed by atoms with E-state index < -0.39 is 22.1 Å². The lowest BCUT2D eigenvalue weighted by Crippen LogP contribution is -2.01. The van der Waals surface area contributed by atoms with Gasteiger partial charge in [-0.1, -0.05) is 89.5 Å². The van der Waals surface area contributed by atoms with Crippen LogP contribution in [-0.2, 0) is 13.7 Å². The van der Waals surface area contributed by atoms with E-state index >= 15 is 0 Å². The van der Waals surface area contributed by atoms with E-state index in [2.05, 4.69) is 91.0 Å². The topological polar surface area (TPSA) is 51.2 Å². The standard InChI is InChI=1S/C41H36O3P3/c1-45(42)33-15-6-27(7-16-33)30-12-21-36-39(24-30)37-22-13-31(28-8-17-34(18-9-28)46(2,3)43)26-41(37)38-23-14-32(25-40(36)38)29-10-19-35(20-11-29)47(4,5)44/h6-26H,1-5H3/q+1. The van der Waals surface area contributed by atoms with Gasteiger partial charge in [0, 0.05) is 10.6 Å². The Balaban J connectivity index is 1.45. The van der Waals surface area contributed by atoms with E-state index in [1.54, 1.807) is 33.3 Å². The summed E-state index contributed by atoms with van der Waals surface area (Å²) in [5.74, 6) is 0. The zero-order valence-corrected chi connectivity index (χ0v) is 29.9. The molecule has 0 fully saturated rings. The number of benzene rings is 7. The molecule has 0 N–H and O–H groups in total. The molecule has 7 rings (SSSR count). The summed E-state index contributed by atoms with van der Waals surface area (Å²) in [6.07, 6.45) is 0. The summed E-state index contributed by atoms with van der Waals surface area (Å²) < 4.78 is 37.3. The van der Waals surface area contributed by atoms with Crippen molar-refractivity contribution in [3.63, 3.8) is 0 Å². The molecule has 232 valence electrons. The molecule has 7 aromatic rings. The van der Waals surface area contributed by atoms with Crippen molar-refractivity contribution in [1.82, 2.24) is 0 Å². The molecule has 47 heavy (non-hydrogen) atoms. The molecule has 0 spiro atoms. The Bertz CT molecular complexity index is 2350. The lowest BCUT2D eigenvalue weighted by atomic mass is 9.89. The Morgan fingerprint density at radius 1 is 0.383 bits per heavy atom. The minimum atomic E-state index is -2.34. The maximum Gasteiger partial charge on any atom is 0.373 e. The summed E-state index contributed by atoms with van der Waals surface area (Å²) in [6, 6.07) is 44.2. The van der Waals surface area contributed by atoms with E-state index in [1.807, 2.05) is 36.4 Å². The van der Waals surface area contributed by atoms with Crippen molar-refractivity contribution in [2.45, 2.75) is 0 Å². The van der Waals surface area contributed by atoms with Gasteiger partial charge in [0.2, 0.25) is 0 Å². The lowest BCUT2D eigenvalue weighted by molar-refractivity contribution is 0.587. The van der Waals surface area contributed by atoms with Crippen molar-refractivity contribution >= 4 is 70.3 Å². The Hall–Kier alpha value is -4.12. The van der Waals surface area contributed by atoms with Gasteiger partial charge in [-0.05, 0) is 135 Å². The minimum absolute atomic E-state index is 0.850. The Labute approximate surface area is 277 Å². The third-order valence-corrected chi connectivity index (χ3v) is 13.2. The van der Waals surface area contributed by atoms with Gasteiger partial charge in [-0.3, -0.25) is 0 Å². The molecule has 3 nitrogen and oxygen atoms in total. The van der Waals surface area contributed by atoms with E-state index in [0.717, 1.165) is 49.3 Å². The molecule has 0 saturated carbocycles. The second kappa shape index (κ2) is 11.8. The molecule has 0 aliphatic carbocycles. The van der Waals surface area contributed by atoms with Gasteiger partial charge in [0.1, 0.15) is 20.9 Å². The molecule has 0 bridgehead atoms. The van der Waals surface area contributed by atoms with Crippen molar-refractivity contribution in [2.75, 3.05) is 33.3 Å². The van der Waals surface area contributed by atoms with Crippen molar-refractivity contribution < 1.29 is 13.7 Å². The van der Waals surface area contributed by atoms with Crippen LogP contribution in [0.5, 0.6) is 0 Å². The van der Waals surface area contributed by atoms with Crippen LogP contribution in [0.4, 0.5) is 0 Å². The van der Waals surface area contributed by atoms with Crippen LogP contribution in [0.3, 0.4) is 0 Å². The maximum absolute atomic E-state index is 12.7. The number of rotatable bonds is 6. The Morgan fingerprint density at radius 2 is 0.660 bits per heavy atom. The fourth-order valence-corrected chi connectivity index (χ4v) is 8.74. The molecule has 0 saturated heterocycles. The van der Waals surface area contributed by atoms with E-state index in [0.29, 0.717) is 0 Å². The number of fused-ring (bicyclic) bond motifs is 6. The highest BCUT2D eigenvalue weighted by Crippen LogP contribution is 2.41. The Morgan fingerprint density at radius 3 is 0.936 bits per heavy atom. The molecule has 6 heteroatoms. The average molecular weight is 670 g/mol. The van der Waals surface area contributed by atoms with Crippen molar-refractivity contribution in [1.29, 1.82) is 0 Å². The molecule has 1 unspecified atom stereocenters. The molecule has 0 heterocycles. The van der Waals surface area contributed by atoms with Crippen molar-refractivity contribution in [2.24, 2.45) is 0 Å². The van der Waals surface area contributed by atoms with Gasteiger partial charge in [-0.25, -0.2) is 0 Å². The monoisotopic (exact) mass is 669 g/mol. The minimum Gasteiger partial charge on any atom is -0.319 e. The molecule has 1 atom stereocenters. The fourth-order valence-electron chi connectivity index (χ4n) is 6.43. The van der Waals surface area contributed by atoms with Gasteiger partial charge in [0.25, 0.3) is 0 Å². The van der Waals surface area contributed by atoms with Gasteiger partial charge in [-0.15, -0.1) is 0 Å². The van der Waals surface area contributed by atoms with E-state index in [4.69, 9.17) is 0 Å². The van der Waals surface area contributed by atoms with Crippen LogP contribution in [-0.4, -0.2) is 33.3 Å². The quantitative estimate of drug-likeness (QED) is 0.131. The van der Waals surface area contributed by atoms with E-state index in [-0.39, 0.29) is 0 Å². The smallest absolute Gasteiger partial charge is 0.319 e. The first-order valence-electron chi connectivity index (χ1n) is 15.6. The van der Waals surface area contributed by atoms with Gasteiger partial charge in [-0.2, -0.15) is 0 Å². The second-order valence-electron chi connectivity index (χ2n) is 13.1. The first-order chi connectivity index (χ1) is 22.4. The average Bonchev–Trinajstić information content (AvgIpc) is 3.07. The van der Waals surface area contributed by atoms with Gasteiger partial charge >= 0.3 is 7.80 Å². The third-order valence-electron chi connectivity index (χ3n) is 9.14. The van der Waals surface area contributed by atoms with Crippen LogP contribution >= 0.6 is 22.1 Å². The molecule has 7 aromatic carbocycles. The highest BCUT2D eigenvalue weighted by atomic mass is 31.2. The largest absolute Gasteiger partial charge is 0.373 e. The predicted molar refractivity (Wildman–Crippen MR) is 207 cm³/mol. The Kier molecular flexibility index (Phi) is 7.93.